The lowest BCUT2D eigenvalue weighted by Gasteiger charge is -2.05. The zero-order valence-corrected chi connectivity index (χ0v) is 14.8. The lowest BCUT2D eigenvalue weighted by Crippen LogP contribution is -2.15. The molecule has 0 saturated heterocycles. The van der Waals surface area contributed by atoms with Crippen LogP contribution in [0.2, 0.25) is 0 Å². The first kappa shape index (κ1) is 16.5. The molecule has 0 bridgehead atoms. The van der Waals surface area contributed by atoms with Crippen LogP contribution in [0.5, 0.6) is 5.75 Å². The van der Waals surface area contributed by atoms with Gasteiger partial charge >= 0.3 is 0 Å². The van der Waals surface area contributed by atoms with E-state index < -0.39 is 10.0 Å². The zero-order valence-electron chi connectivity index (χ0n) is 13.2. The Morgan fingerprint density at radius 3 is 2.58 bits per heavy atom. The van der Waals surface area contributed by atoms with Gasteiger partial charge in [0.05, 0.1) is 17.7 Å². The number of aromatic nitrogens is 1. The number of hydrogen-bond acceptors (Lipinski definition) is 4. The van der Waals surface area contributed by atoms with E-state index in [2.05, 4.69) is 4.40 Å². The Hall–Kier alpha value is -2.38. The van der Waals surface area contributed by atoms with Gasteiger partial charge in [-0.2, -0.15) is 8.42 Å². The molecule has 1 heterocycles. The number of sulfonamides is 1. The number of thiazole rings is 1. The second-order valence-electron chi connectivity index (χ2n) is 5.14. The van der Waals surface area contributed by atoms with Crippen LogP contribution < -0.4 is 9.54 Å². The van der Waals surface area contributed by atoms with Gasteiger partial charge in [-0.15, -0.1) is 15.7 Å². The summed E-state index contributed by atoms with van der Waals surface area (Å²) in [5.41, 5.74) is 1.78. The Morgan fingerprint density at radius 2 is 1.88 bits per heavy atom. The summed E-state index contributed by atoms with van der Waals surface area (Å²) in [5, 5.41) is 1.79. The second kappa shape index (κ2) is 6.62. The van der Waals surface area contributed by atoms with Gasteiger partial charge in [-0.1, -0.05) is 23.8 Å². The van der Waals surface area contributed by atoms with Crippen LogP contribution in [0.25, 0.3) is 5.69 Å². The number of rotatable bonds is 4. The van der Waals surface area contributed by atoms with Gasteiger partial charge in [0.25, 0.3) is 10.0 Å². The van der Waals surface area contributed by atoms with Crippen molar-refractivity contribution in [1.29, 1.82) is 0 Å². The Labute approximate surface area is 144 Å². The number of aryl methyl sites for hydroxylation is 1. The lowest BCUT2D eigenvalue weighted by atomic mass is 10.2. The van der Waals surface area contributed by atoms with Gasteiger partial charge in [-0.3, -0.25) is 4.57 Å². The molecule has 0 amide bonds. The molecule has 24 heavy (non-hydrogen) atoms. The molecule has 0 spiro atoms. The molecule has 0 radical (unpaired) electrons. The third-order valence-electron chi connectivity index (χ3n) is 3.44. The summed E-state index contributed by atoms with van der Waals surface area (Å²) in [5.74, 6) is 0.693. The molecule has 0 aliphatic carbocycles. The molecule has 0 saturated carbocycles. The summed E-state index contributed by atoms with van der Waals surface area (Å²) >= 11 is 1.26. The molecular formula is C17H16N2O3S2. The van der Waals surface area contributed by atoms with Crippen molar-refractivity contribution in [3.63, 3.8) is 0 Å². The van der Waals surface area contributed by atoms with E-state index in [1.165, 1.54) is 11.3 Å². The standard InChI is InChI=1S/C17H16N2O3S2/c1-13-6-8-16(9-7-13)24(20,21)18-17-19(10-11-23-17)14-4-3-5-15(12-14)22-2/h3-12H,1-2H3/b18-17-. The van der Waals surface area contributed by atoms with Gasteiger partial charge in [0.15, 0.2) is 0 Å². The molecule has 2 aromatic carbocycles. The molecule has 7 heteroatoms. The van der Waals surface area contributed by atoms with E-state index in [9.17, 15) is 8.42 Å². The molecular weight excluding hydrogens is 344 g/mol. The largest absolute Gasteiger partial charge is 0.497 e. The van der Waals surface area contributed by atoms with Crippen molar-refractivity contribution >= 4 is 21.4 Å². The summed E-state index contributed by atoms with van der Waals surface area (Å²) in [7, 11) is -2.18. The highest BCUT2D eigenvalue weighted by atomic mass is 32.2. The average Bonchev–Trinajstić information content (AvgIpc) is 3.02. The van der Waals surface area contributed by atoms with E-state index in [1.54, 1.807) is 47.5 Å². The number of hydrogen-bond donors (Lipinski definition) is 0. The first-order chi connectivity index (χ1) is 11.5. The predicted octanol–water partition coefficient (Wildman–Crippen LogP) is 3.15. The van der Waals surface area contributed by atoms with Crippen LogP contribution in [0.3, 0.4) is 0 Å². The first-order valence-electron chi connectivity index (χ1n) is 7.18. The number of ether oxygens (including phenoxy) is 1. The smallest absolute Gasteiger partial charge is 0.285 e. The molecule has 0 aliphatic heterocycles. The predicted molar refractivity (Wildman–Crippen MR) is 94.1 cm³/mol. The van der Waals surface area contributed by atoms with Gasteiger partial charge in [0.2, 0.25) is 4.80 Å². The van der Waals surface area contributed by atoms with E-state index in [0.717, 1.165) is 11.3 Å². The number of methoxy groups -OCH3 is 1. The van der Waals surface area contributed by atoms with E-state index in [1.807, 2.05) is 31.2 Å². The SMILES string of the molecule is COc1cccc(-n2ccs/c2=N\S(=O)(=O)c2ccc(C)cc2)c1. The van der Waals surface area contributed by atoms with Gasteiger partial charge in [-0.05, 0) is 31.2 Å². The van der Waals surface area contributed by atoms with Crippen molar-refractivity contribution in [2.45, 2.75) is 11.8 Å². The molecule has 0 atom stereocenters. The number of nitrogens with zero attached hydrogens (tertiary/aromatic N) is 2. The minimum absolute atomic E-state index is 0.179. The first-order valence-corrected chi connectivity index (χ1v) is 9.50. The molecule has 0 N–H and O–H groups in total. The fourth-order valence-electron chi connectivity index (χ4n) is 2.16. The second-order valence-corrected chi connectivity index (χ2v) is 7.61. The summed E-state index contributed by atoms with van der Waals surface area (Å²) in [4.78, 5) is 0.558. The van der Waals surface area contributed by atoms with Crippen molar-refractivity contribution in [3.05, 3.63) is 70.5 Å². The van der Waals surface area contributed by atoms with Crippen LogP contribution in [0, 0.1) is 6.92 Å². The molecule has 0 fully saturated rings. The Kier molecular flexibility index (Phi) is 4.55. The van der Waals surface area contributed by atoms with Crippen LogP contribution in [0.1, 0.15) is 5.56 Å². The van der Waals surface area contributed by atoms with Crippen LogP contribution in [-0.2, 0) is 10.0 Å². The van der Waals surface area contributed by atoms with E-state index in [4.69, 9.17) is 4.74 Å². The fourth-order valence-corrected chi connectivity index (χ4v) is 4.09. The molecule has 1 aromatic heterocycles. The Bertz CT molecular complexity index is 1020. The van der Waals surface area contributed by atoms with Gasteiger partial charge in [0, 0.05) is 17.6 Å². The molecule has 5 nitrogen and oxygen atoms in total. The number of benzene rings is 2. The summed E-state index contributed by atoms with van der Waals surface area (Å²) in [6.45, 7) is 1.91. The van der Waals surface area contributed by atoms with Gasteiger partial charge in [0.1, 0.15) is 5.75 Å². The Balaban J connectivity index is 2.09. The normalized spacial score (nSPS) is 12.3. The highest BCUT2D eigenvalue weighted by molar-refractivity contribution is 7.90. The third kappa shape index (κ3) is 3.42. The van der Waals surface area contributed by atoms with Crippen molar-refractivity contribution in [2.24, 2.45) is 4.40 Å². The van der Waals surface area contributed by atoms with Crippen LogP contribution in [0.4, 0.5) is 0 Å². The molecule has 124 valence electrons. The maximum Gasteiger partial charge on any atom is 0.285 e. The van der Waals surface area contributed by atoms with E-state index in [0.29, 0.717) is 10.6 Å². The summed E-state index contributed by atoms with van der Waals surface area (Å²) in [6.07, 6.45) is 1.78. The van der Waals surface area contributed by atoms with Crippen molar-refractivity contribution in [1.82, 2.24) is 4.57 Å². The molecule has 0 unspecified atom stereocenters. The van der Waals surface area contributed by atoms with E-state index in [-0.39, 0.29) is 4.90 Å². The van der Waals surface area contributed by atoms with E-state index >= 15 is 0 Å². The van der Waals surface area contributed by atoms with Crippen LogP contribution in [-0.4, -0.2) is 20.1 Å². The molecule has 0 aliphatic rings. The maximum absolute atomic E-state index is 12.5. The monoisotopic (exact) mass is 360 g/mol. The molecule has 3 rings (SSSR count). The minimum atomic E-state index is -3.76. The Morgan fingerprint density at radius 1 is 1.12 bits per heavy atom. The van der Waals surface area contributed by atoms with Gasteiger partial charge < -0.3 is 4.74 Å². The topological polar surface area (TPSA) is 60.7 Å². The van der Waals surface area contributed by atoms with Crippen molar-refractivity contribution < 1.29 is 13.2 Å². The fraction of sp³-hybridized carbons (Fsp3) is 0.118. The van der Waals surface area contributed by atoms with Crippen molar-refractivity contribution in [2.75, 3.05) is 7.11 Å². The van der Waals surface area contributed by atoms with Crippen LogP contribution in [0.15, 0.2) is 69.4 Å². The highest BCUT2D eigenvalue weighted by Crippen LogP contribution is 2.17. The quantitative estimate of drug-likeness (QED) is 0.718. The average molecular weight is 360 g/mol. The highest BCUT2D eigenvalue weighted by Gasteiger charge is 2.13. The zero-order chi connectivity index (χ0) is 17.2. The maximum atomic E-state index is 12.5. The van der Waals surface area contributed by atoms with Crippen LogP contribution >= 0.6 is 11.3 Å². The van der Waals surface area contributed by atoms with Crippen molar-refractivity contribution in [3.8, 4) is 11.4 Å². The molecule has 3 aromatic rings. The third-order valence-corrected chi connectivity index (χ3v) is 5.59. The minimum Gasteiger partial charge on any atom is -0.497 e. The lowest BCUT2D eigenvalue weighted by molar-refractivity contribution is 0.414. The summed E-state index contributed by atoms with van der Waals surface area (Å²) in [6, 6.07) is 14.0. The summed E-state index contributed by atoms with van der Waals surface area (Å²) < 4.78 is 36.0. The van der Waals surface area contributed by atoms with Gasteiger partial charge in [-0.25, -0.2) is 0 Å².